The number of allylic oxidation sites excluding steroid dienone is 3. The fourth-order valence-corrected chi connectivity index (χ4v) is 9.75. The number of fused-ring (bicyclic) bond motifs is 5. The highest BCUT2D eigenvalue weighted by atomic mass is 32.2. The van der Waals surface area contributed by atoms with Gasteiger partial charge in [-0.25, -0.2) is 14.2 Å². The zero-order valence-electron chi connectivity index (χ0n) is 24.8. The van der Waals surface area contributed by atoms with Crippen LogP contribution < -0.4 is 5.73 Å². The first-order chi connectivity index (χ1) is 21.1. The van der Waals surface area contributed by atoms with E-state index in [9.17, 15) is 24.3 Å². The van der Waals surface area contributed by atoms with E-state index in [0.717, 1.165) is 35.9 Å². The molecule has 44 heavy (non-hydrogen) atoms. The molecule has 3 saturated carbocycles. The number of hydrogen-bond acceptors (Lipinski definition) is 9. The van der Waals surface area contributed by atoms with Crippen molar-refractivity contribution in [1.82, 2.24) is 0 Å². The average Bonchev–Trinajstić information content (AvgIpc) is 3.64. The van der Waals surface area contributed by atoms with Gasteiger partial charge in [0.25, 0.3) is 0 Å². The molecule has 0 unspecified atom stereocenters. The van der Waals surface area contributed by atoms with Crippen LogP contribution in [0.15, 0.2) is 75.5 Å². The van der Waals surface area contributed by atoms with Gasteiger partial charge in [-0.05, 0) is 116 Å². The number of rotatable bonds is 5. The van der Waals surface area contributed by atoms with Crippen molar-refractivity contribution < 1.29 is 28.2 Å². The van der Waals surface area contributed by atoms with E-state index in [4.69, 9.17) is 19.9 Å². The molecular formula is C34H36FN3O5S. The Bertz CT molecular complexity index is 1600. The number of carbonyl (C=O) groups excluding carboxylic acids is 2. The smallest absolute Gasteiger partial charge is 0.375 e. The van der Waals surface area contributed by atoms with Gasteiger partial charge in [0.2, 0.25) is 10.9 Å². The molecule has 3 fully saturated rings. The Morgan fingerprint density at radius 3 is 2.73 bits per heavy atom. The minimum atomic E-state index is -1.50. The molecule has 6 rings (SSSR count). The molecule has 8 nitrogen and oxygen atoms in total. The number of furan rings is 1. The van der Waals surface area contributed by atoms with Gasteiger partial charge in [0.15, 0.2) is 5.60 Å². The summed E-state index contributed by atoms with van der Waals surface area (Å²) in [5, 5.41) is 20.9. The molecule has 230 valence electrons. The van der Waals surface area contributed by atoms with Crippen molar-refractivity contribution in [1.29, 1.82) is 5.26 Å². The van der Waals surface area contributed by atoms with Crippen LogP contribution >= 0.6 is 11.8 Å². The number of nitrogens with two attached hydrogens (primary N) is 1. The lowest BCUT2D eigenvalue weighted by Gasteiger charge is -2.60. The number of aliphatic imine (C=N–C) groups is 1. The van der Waals surface area contributed by atoms with Crippen molar-refractivity contribution in [2.45, 2.75) is 64.1 Å². The van der Waals surface area contributed by atoms with Gasteiger partial charge in [0, 0.05) is 5.41 Å². The van der Waals surface area contributed by atoms with Gasteiger partial charge in [-0.1, -0.05) is 31.2 Å². The maximum atomic E-state index is 13.9. The second-order valence-corrected chi connectivity index (χ2v) is 13.9. The number of nitrogens with zero attached hydrogens (tertiary/aromatic N) is 2. The molecule has 7 atom stereocenters. The highest BCUT2D eigenvalue weighted by molar-refractivity contribution is 8.14. The van der Waals surface area contributed by atoms with Gasteiger partial charge in [-0.2, -0.15) is 5.26 Å². The first-order valence-corrected chi connectivity index (χ1v) is 16.0. The minimum Gasteiger partial charge on any atom is -0.457 e. The number of aliphatic hydroxyl groups excluding tert-OH is 1. The zero-order valence-corrected chi connectivity index (χ0v) is 25.6. The summed E-state index contributed by atoms with van der Waals surface area (Å²) in [6, 6.07) is 11.1. The van der Waals surface area contributed by atoms with E-state index in [-0.39, 0.29) is 46.6 Å². The topological polar surface area (TPSA) is 139 Å². The Labute approximate surface area is 260 Å². The molecule has 1 aromatic heterocycles. The fourth-order valence-electron chi connectivity index (χ4n) is 8.94. The van der Waals surface area contributed by atoms with E-state index < -0.39 is 28.5 Å². The lowest BCUT2D eigenvalue weighted by atomic mass is 9.45. The molecule has 2 aromatic rings. The number of ether oxygens (including phenoxy) is 1. The van der Waals surface area contributed by atoms with Crippen LogP contribution in [0, 0.1) is 45.7 Å². The number of hydrogen-bond donors (Lipinski definition) is 2. The molecule has 1 heterocycles. The summed E-state index contributed by atoms with van der Waals surface area (Å²) in [6.07, 6.45) is 7.66. The summed E-state index contributed by atoms with van der Waals surface area (Å²) in [5.41, 5.74) is 6.83. The molecule has 4 aliphatic rings. The van der Waals surface area contributed by atoms with Crippen LogP contribution in [-0.4, -0.2) is 39.4 Å². The van der Waals surface area contributed by atoms with Crippen molar-refractivity contribution in [3.63, 3.8) is 0 Å². The number of esters is 1. The average molecular weight is 618 g/mol. The van der Waals surface area contributed by atoms with Gasteiger partial charge in [0.05, 0.1) is 35.6 Å². The molecule has 0 spiro atoms. The SMILES string of the molecule is C[C@]12CC(=CN)C(=Nc3ccc(F)cc3)C=C1CC[C@@H]1[C@@H]2[C@@H](O)C[C@@]2(C)[C@H]1CC[C@]2(OC(=O)c1ccco1)C(=O)SCC#N. The molecule has 0 bridgehead atoms. The summed E-state index contributed by atoms with van der Waals surface area (Å²) in [4.78, 5) is 31.9. The van der Waals surface area contributed by atoms with Crippen LogP contribution in [0.1, 0.15) is 62.9 Å². The molecule has 1 aromatic carbocycles. The summed E-state index contributed by atoms with van der Waals surface area (Å²) < 4.78 is 24.9. The predicted octanol–water partition coefficient (Wildman–Crippen LogP) is 6.26. The molecule has 0 amide bonds. The molecule has 0 radical (unpaired) electrons. The van der Waals surface area contributed by atoms with Gasteiger partial charge in [-0.3, -0.25) is 4.79 Å². The second-order valence-electron chi connectivity index (χ2n) is 12.9. The Morgan fingerprint density at radius 2 is 2.05 bits per heavy atom. The number of aliphatic hydroxyl groups is 1. The first kappa shape index (κ1) is 30.4. The van der Waals surface area contributed by atoms with E-state index in [0.29, 0.717) is 24.9 Å². The quantitative estimate of drug-likeness (QED) is 0.375. The van der Waals surface area contributed by atoms with Gasteiger partial charge in [-0.15, -0.1) is 0 Å². The Morgan fingerprint density at radius 1 is 1.27 bits per heavy atom. The van der Waals surface area contributed by atoms with Crippen molar-refractivity contribution in [3.05, 3.63) is 77.7 Å². The number of carbonyl (C=O) groups is 2. The summed E-state index contributed by atoms with van der Waals surface area (Å²) >= 11 is 0.865. The third-order valence-corrected chi connectivity index (χ3v) is 11.7. The van der Waals surface area contributed by atoms with Crippen LogP contribution in [0.4, 0.5) is 10.1 Å². The molecule has 3 N–H and O–H groups in total. The van der Waals surface area contributed by atoms with E-state index in [1.807, 2.05) is 13.0 Å². The second kappa shape index (κ2) is 11.4. The van der Waals surface area contributed by atoms with E-state index >= 15 is 0 Å². The fraction of sp³-hybridized carbons (Fsp3) is 0.471. The molecule has 0 saturated heterocycles. The van der Waals surface area contributed by atoms with Crippen LogP contribution in [0.2, 0.25) is 0 Å². The summed E-state index contributed by atoms with van der Waals surface area (Å²) in [6.45, 7) is 4.16. The van der Waals surface area contributed by atoms with Crippen molar-refractivity contribution in [3.8, 4) is 6.07 Å². The van der Waals surface area contributed by atoms with Crippen LogP contribution in [0.25, 0.3) is 0 Å². The normalized spacial score (nSPS) is 36.1. The monoisotopic (exact) mass is 617 g/mol. The minimum absolute atomic E-state index is 0.00453. The van der Waals surface area contributed by atoms with E-state index in [2.05, 4.69) is 13.0 Å². The number of thioether (sulfide) groups is 1. The maximum absolute atomic E-state index is 13.9. The zero-order chi connectivity index (χ0) is 31.3. The van der Waals surface area contributed by atoms with Crippen LogP contribution in [-0.2, 0) is 9.53 Å². The highest BCUT2D eigenvalue weighted by Crippen LogP contribution is 2.69. The Hall–Kier alpha value is -3.68. The molecule has 4 aliphatic carbocycles. The first-order valence-electron chi connectivity index (χ1n) is 15.0. The Kier molecular flexibility index (Phi) is 7.83. The summed E-state index contributed by atoms with van der Waals surface area (Å²) in [5.74, 6) is -1.14. The van der Waals surface area contributed by atoms with Crippen molar-refractivity contribution in [2.24, 2.45) is 39.3 Å². The van der Waals surface area contributed by atoms with Crippen LogP contribution in [0.5, 0.6) is 0 Å². The van der Waals surface area contributed by atoms with Gasteiger partial charge < -0.3 is 20.0 Å². The van der Waals surface area contributed by atoms with E-state index in [1.165, 1.54) is 30.0 Å². The number of nitriles is 1. The highest BCUT2D eigenvalue weighted by Gasteiger charge is 2.70. The predicted molar refractivity (Wildman–Crippen MR) is 164 cm³/mol. The molecular weight excluding hydrogens is 581 g/mol. The van der Waals surface area contributed by atoms with E-state index in [1.54, 1.807) is 24.4 Å². The standard InChI is InChI=1S/C34H36FN3O5S/c1-32-17-20(19-37)26(38-23-8-6-22(35)7-9-23)16-21(32)5-10-24-25-11-12-34(31(41)44-15-13-36,33(25,2)18-27(39)29(24)32)43-30(40)28-4-3-14-42-28/h3-4,6-9,14,16,19,24-25,27,29,39H,5,10-12,15,17-18,37H2,1-2H3/t24-,25-,27-,29+,32-,33-,34-/m0/s1. The summed E-state index contributed by atoms with van der Waals surface area (Å²) in [7, 11) is 0. The number of benzene rings is 1. The van der Waals surface area contributed by atoms with Crippen molar-refractivity contribution >= 4 is 34.2 Å². The van der Waals surface area contributed by atoms with Gasteiger partial charge >= 0.3 is 5.97 Å². The van der Waals surface area contributed by atoms with Gasteiger partial charge in [0.1, 0.15) is 5.82 Å². The third-order valence-electron chi connectivity index (χ3n) is 10.9. The van der Waals surface area contributed by atoms with Crippen molar-refractivity contribution in [2.75, 3.05) is 5.75 Å². The lowest BCUT2D eigenvalue weighted by Crippen LogP contribution is -2.62. The lowest BCUT2D eigenvalue weighted by molar-refractivity contribution is -0.175. The number of halogens is 1. The largest absolute Gasteiger partial charge is 0.457 e. The van der Waals surface area contributed by atoms with Crippen LogP contribution in [0.3, 0.4) is 0 Å². The molecule has 10 heteroatoms. The maximum Gasteiger partial charge on any atom is 0.375 e. The Balaban J connectivity index is 1.35. The molecule has 0 aliphatic heterocycles. The third kappa shape index (κ3) is 4.72.